The van der Waals surface area contributed by atoms with Gasteiger partial charge in [0.05, 0.1) is 5.69 Å². The van der Waals surface area contributed by atoms with Crippen molar-refractivity contribution in [1.29, 1.82) is 0 Å². The number of nitrogen functional groups attached to an aromatic ring is 1. The highest BCUT2D eigenvalue weighted by Crippen LogP contribution is 2.27. The van der Waals surface area contributed by atoms with Crippen LogP contribution in [-0.4, -0.2) is 4.98 Å². The molecule has 0 atom stereocenters. The summed E-state index contributed by atoms with van der Waals surface area (Å²) in [5.74, 6) is 0.860. The van der Waals surface area contributed by atoms with Crippen molar-refractivity contribution in [1.82, 2.24) is 4.98 Å². The minimum atomic E-state index is 0.860. The van der Waals surface area contributed by atoms with Gasteiger partial charge in [-0.15, -0.1) is 11.8 Å². The first-order chi connectivity index (χ1) is 8.99. The molecule has 0 aliphatic heterocycles. The summed E-state index contributed by atoms with van der Waals surface area (Å²) in [5.41, 5.74) is 12.8. The average Bonchev–Trinajstić information content (AvgIpc) is 2.39. The van der Waals surface area contributed by atoms with Crippen LogP contribution in [0, 0.1) is 27.7 Å². The second-order valence-corrected chi connectivity index (χ2v) is 6.01. The van der Waals surface area contributed by atoms with E-state index < -0.39 is 0 Å². The van der Waals surface area contributed by atoms with Gasteiger partial charge in [-0.3, -0.25) is 4.98 Å². The highest BCUT2D eigenvalue weighted by molar-refractivity contribution is 7.98. The van der Waals surface area contributed by atoms with Gasteiger partial charge in [0.2, 0.25) is 0 Å². The number of pyridine rings is 1. The van der Waals surface area contributed by atoms with E-state index in [1.807, 2.05) is 31.8 Å². The summed E-state index contributed by atoms with van der Waals surface area (Å²) in [5, 5.41) is 0. The number of hydrogen-bond acceptors (Lipinski definition) is 3. The van der Waals surface area contributed by atoms with Crippen LogP contribution in [-0.2, 0) is 5.75 Å². The number of aryl methyl sites for hydroxylation is 3. The standard InChI is InChI=1S/C16H20N2S/c1-10-5-6-14(7-11(10)2)19-9-15-13(4)16(17)12(3)8-18-15/h5-8H,9H2,1-4H3,(H2,17,18). The van der Waals surface area contributed by atoms with Crippen molar-refractivity contribution in [3.05, 3.63) is 52.3 Å². The first-order valence-electron chi connectivity index (χ1n) is 6.39. The average molecular weight is 272 g/mol. The van der Waals surface area contributed by atoms with Crippen LogP contribution in [0.25, 0.3) is 0 Å². The first-order valence-corrected chi connectivity index (χ1v) is 7.38. The quantitative estimate of drug-likeness (QED) is 0.851. The molecule has 2 aromatic rings. The fourth-order valence-corrected chi connectivity index (χ4v) is 2.91. The monoisotopic (exact) mass is 272 g/mol. The summed E-state index contributed by atoms with van der Waals surface area (Å²) in [6.45, 7) is 8.32. The molecule has 1 aromatic carbocycles. The van der Waals surface area contributed by atoms with Crippen LogP contribution in [0.2, 0.25) is 0 Å². The highest BCUT2D eigenvalue weighted by atomic mass is 32.2. The minimum Gasteiger partial charge on any atom is -0.398 e. The SMILES string of the molecule is Cc1ccc(SCc2ncc(C)c(N)c2C)cc1C. The number of nitrogens with zero attached hydrogens (tertiary/aromatic N) is 1. The Bertz CT molecular complexity index is 606. The van der Waals surface area contributed by atoms with Crippen LogP contribution >= 0.6 is 11.8 Å². The smallest absolute Gasteiger partial charge is 0.0556 e. The van der Waals surface area contributed by atoms with Crippen LogP contribution in [0.5, 0.6) is 0 Å². The van der Waals surface area contributed by atoms with Crippen molar-refractivity contribution in [2.75, 3.05) is 5.73 Å². The van der Waals surface area contributed by atoms with Crippen molar-refractivity contribution < 1.29 is 0 Å². The summed E-state index contributed by atoms with van der Waals surface area (Å²) in [6, 6.07) is 6.56. The van der Waals surface area contributed by atoms with Gasteiger partial charge < -0.3 is 5.73 Å². The van der Waals surface area contributed by atoms with Gasteiger partial charge in [0.15, 0.2) is 0 Å². The summed E-state index contributed by atoms with van der Waals surface area (Å²) in [7, 11) is 0. The molecular formula is C16H20N2S. The molecule has 1 heterocycles. The van der Waals surface area contributed by atoms with E-state index in [0.717, 1.165) is 28.3 Å². The van der Waals surface area contributed by atoms with E-state index in [2.05, 4.69) is 37.0 Å². The molecule has 1 aromatic heterocycles. The largest absolute Gasteiger partial charge is 0.398 e. The normalized spacial score (nSPS) is 10.7. The third kappa shape index (κ3) is 3.10. The fourth-order valence-electron chi connectivity index (χ4n) is 1.89. The van der Waals surface area contributed by atoms with E-state index in [9.17, 15) is 0 Å². The second kappa shape index (κ2) is 5.66. The number of anilines is 1. The van der Waals surface area contributed by atoms with Crippen molar-refractivity contribution in [3.8, 4) is 0 Å². The molecule has 2 rings (SSSR count). The predicted octanol–water partition coefficient (Wildman–Crippen LogP) is 4.19. The maximum atomic E-state index is 6.05. The number of thioether (sulfide) groups is 1. The molecule has 0 radical (unpaired) electrons. The van der Waals surface area contributed by atoms with E-state index in [-0.39, 0.29) is 0 Å². The summed E-state index contributed by atoms with van der Waals surface area (Å²) in [6.07, 6.45) is 1.86. The molecule has 100 valence electrons. The van der Waals surface area contributed by atoms with Crippen molar-refractivity contribution in [3.63, 3.8) is 0 Å². The Kier molecular flexibility index (Phi) is 4.15. The lowest BCUT2D eigenvalue weighted by Gasteiger charge is -2.10. The molecule has 19 heavy (non-hydrogen) atoms. The Labute approximate surface area is 119 Å². The third-order valence-electron chi connectivity index (χ3n) is 3.53. The van der Waals surface area contributed by atoms with E-state index in [0.29, 0.717) is 0 Å². The molecule has 0 aliphatic carbocycles. The zero-order valence-electron chi connectivity index (χ0n) is 11.9. The topological polar surface area (TPSA) is 38.9 Å². The van der Waals surface area contributed by atoms with Crippen LogP contribution in [0.4, 0.5) is 5.69 Å². The van der Waals surface area contributed by atoms with Gasteiger partial charge in [-0.25, -0.2) is 0 Å². The van der Waals surface area contributed by atoms with E-state index in [1.165, 1.54) is 16.0 Å². The molecule has 0 saturated carbocycles. The number of aromatic nitrogens is 1. The number of nitrogens with two attached hydrogens (primary N) is 1. The van der Waals surface area contributed by atoms with Crippen LogP contribution < -0.4 is 5.73 Å². The fraction of sp³-hybridized carbons (Fsp3) is 0.312. The number of rotatable bonds is 3. The molecule has 3 heteroatoms. The lowest BCUT2D eigenvalue weighted by atomic mass is 10.1. The molecule has 0 fully saturated rings. The van der Waals surface area contributed by atoms with Crippen molar-refractivity contribution >= 4 is 17.4 Å². The lowest BCUT2D eigenvalue weighted by molar-refractivity contribution is 1.11. The van der Waals surface area contributed by atoms with Gasteiger partial charge in [-0.05, 0) is 62.1 Å². The number of hydrogen-bond donors (Lipinski definition) is 1. The van der Waals surface area contributed by atoms with Gasteiger partial charge in [0.25, 0.3) is 0 Å². The maximum Gasteiger partial charge on any atom is 0.0556 e. The minimum absolute atomic E-state index is 0.860. The van der Waals surface area contributed by atoms with Crippen molar-refractivity contribution in [2.45, 2.75) is 38.3 Å². The molecule has 2 N–H and O–H groups in total. The Morgan fingerprint density at radius 3 is 2.47 bits per heavy atom. The third-order valence-corrected chi connectivity index (χ3v) is 4.53. The van der Waals surface area contributed by atoms with Gasteiger partial charge >= 0.3 is 0 Å². The second-order valence-electron chi connectivity index (χ2n) is 4.96. The van der Waals surface area contributed by atoms with Crippen LogP contribution in [0.3, 0.4) is 0 Å². The number of benzene rings is 1. The Morgan fingerprint density at radius 2 is 1.79 bits per heavy atom. The van der Waals surface area contributed by atoms with Crippen LogP contribution in [0.15, 0.2) is 29.3 Å². The summed E-state index contributed by atoms with van der Waals surface area (Å²) < 4.78 is 0. The van der Waals surface area contributed by atoms with Gasteiger partial charge in [-0.1, -0.05) is 6.07 Å². The summed E-state index contributed by atoms with van der Waals surface area (Å²) in [4.78, 5) is 5.77. The highest BCUT2D eigenvalue weighted by Gasteiger charge is 2.07. The zero-order chi connectivity index (χ0) is 14.0. The van der Waals surface area contributed by atoms with Crippen molar-refractivity contribution in [2.24, 2.45) is 0 Å². The summed E-state index contributed by atoms with van der Waals surface area (Å²) >= 11 is 1.81. The lowest BCUT2D eigenvalue weighted by Crippen LogP contribution is -2.00. The molecular weight excluding hydrogens is 252 g/mol. The zero-order valence-corrected chi connectivity index (χ0v) is 12.8. The molecule has 0 aliphatic rings. The maximum absolute atomic E-state index is 6.05. The predicted molar refractivity (Wildman–Crippen MR) is 83.6 cm³/mol. The molecule has 0 amide bonds. The molecule has 0 unspecified atom stereocenters. The molecule has 0 saturated heterocycles. The van der Waals surface area contributed by atoms with E-state index >= 15 is 0 Å². The Hall–Kier alpha value is -1.48. The van der Waals surface area contributed by atoms with Gasteiger partial charge in [0.1, 0.15) is 0 Å². The van der Waals surface area contributed by atoms with Crippen LogP contribution in [0.1, 0.15) is 27.9 Å². The van der Waals surface area contributed by atoms with Gasteiger partial charge in [-0.2, -0.15) is 0 Å². The Balaban J connectivity index is 2.14. The molecule has 2 nitrogen and oxygen atoms in total. The molecule has 0 bridgehead atoms. The first kappa shape index (κ1) is 13.9. The molecule has 0 spiro atoms. The Morgan fingerprint density at radius 1 is 1.05 bits per heavy atom. The van der Waals surface area contributed by atoms with Gasteiger partial charge in [0, 0.05) is 22.5 Å². The van der Waals surface area contributed by atoms with E-state index in [4.69, 9.17) is 5.73 Å². The van der Waals surface area contributed by atoms with E-state index in [1.54, 1.807) is 0 Å².